The van der Waals surface area contributed by atoms with E-state index in [-0.39, 0.29) is 26.6 Å². The molecule has 0 aromatic heterocycles. The van der Waals surface area contributed by atoms with Crippen LogP contribution >= 0.6 is 34.8 Å². The summed E-state index contributed by atoms with van der Waals surface area (Å²) in [6.07, 6.45) is 0. The summed E-state index contributed by atoms with van der Waals surface area (Å²) in [5.41, 5.74) is 0.403. The summed E-state index contributed by atoms with van der Waals surface area (Å²) in [5, 5.41) is 3.97. The van der Waals surface area contributed by atoms with Crippen LogP contribution in [0.4, 0.5) is 0 Å². The van der Waals surface area contributed by atoms with E-state index < -0.39 is 10.0 Å². The monoisotopic (exact) mass is 436 g/mol. The lowest BCUT2D eigenvalue weighted by Gasteiger charge is -2.09. The maximum atomic E-state index is 12.3. The lowest BCUT2D eigenvalue weighted by atomic mass is 10.3. The topological polar surface area (TPSA) is 77.0 Å². The SMILES string of the molecule is COc1ccc(OC/C(C)=N\NS(=O)(=O)c2cc(Cl)c(Cl)cc2Cl)cc1. The summed E-state index contributed by atoms with van der Waals surface area (Å²) in [6, 6.07) is 9.36. The average Bonchev–Trinajstić information content (AvgIpc) is 2.61. The molecule has 2 aromatic rings. The number of hydrogen-bond acceptors (Lipinski definition) is 5. The van der Waals surface area contributed by atoms with Crippen LogP contribution in [0.2, 0.25) is 15.1 Å². The van der Waals surface area contributed by atoms with Crippen molar-refractivity contribution in [2.75, 3.05) is 13.7 Å². The third kappa shape index (κ3) is 5.41. The van der Waals surface area contributed by atoms with E-state index in [1.807, 2.05) is 0 Å². The highest BCUT2D eigenvalue weighted by molar-refractivity contribution is 7.89. The van der Waals surface area contributed by atoms with Crippen molar-refractivity contribution in [2.24, 2.45) is 5.10 Å². The smallest absolute Gasteiger partial charge is 0.278 e. The van der Waals surface area contributed by atoms with Crippen molar-refractivity contribution in [3.63, 3.8) is 0 Å². The zero-order chi connectivity index (χ0) is 19.3. The molecular formula is C16H15Cl3N2O4S. The Balaban J connectivity index is 2.03. The Morgan fingerprint density at radius 1 is 1.04 bits per heavy atom. The van der Waals surface area contributed by atoms with Crippen LogP contribution in [0.3, 0.4) is 0 Å². The fraction of sp³-hybridized carbons (Fsp3) is 0.188. The molecule has 2 aromatic carbocycles. The van der Waals surface area contributed by atoms with E-state index >= 15 is 0 Å². The van der Waals surface area contributed by atoms with Gasteiger partial charge in [0.1, 0.15) is 23.0 Å². The normalized spacial score (nSPS) is 12.0. The number of ether oxygens (including phenoxy) is 2. The molecule has 0 saturated carbocycles. The van der Waals surface area contributed by atoms with Crippen LogP contribution in [-0.2, 0) is 10.0 Å². The van der Waals surface area contributed by atoms with E-state index in [1.54, 1.807) is 38.3 Å². The molecule has 6 nitrogen and oxygen atoms in total. The highest BCUT2D eigenvalue weighted by Gasteiger charge is 2.19. The van der Waals surface area contributed by atoms with Crippen LogP contribution in [0.1, 0.15) is 6.92 Å². The minimum Gasteiger partial charge on any atom is -0.497 e. The number of sulfonamides is 1. The van der Waals surface area contributed by atoms with Gasteiger partial charge in [0.05, 0.1) is 27.9 Å². The molecule has 2 rings (SSSR count). The first-order valence-corrected chi connectivity index (χ1v) is 9.81. The Kier molecular flexibility index (Phi) is 7.00. The lowest BCUT2D eigenvalue weighted by molar-refractivity contribution is 0.372. The van der Waals surface area contributed by atoms with Gasteiger partial charge < -0.3 is 9.47 Å². The van der Waals surface area contributed by atoms with Crippen LogP contribution in [0.5, 0.6) is 11.5 Å². The summed E-state index contributed by atoms with van der Waals surface area (Å²) < 4.78 is 35.2. The van der Waals surface area contributed by atoms with Crippen molar-refractivity contribution >= 4 is 50.5 Å². The molecule has 0 bridgehead atoms. The number of rotatable bonds is 7. The Morgan fingerprint density at radius 3 is 2.23 bits per heavy atom. The van der Waals surface area contributed by atoms with E-state index in [0.29, 0.717) is 17.2 Å². The summed E-state index contributed by atoms with van der Waals surface area (Å²) in [4.78, 5) is 1.87. The van der Waals surface area contributed by atoms with Gasteiger partial charge in [-0.25, -0.2) is 0 Å². The van der Waals surface area contributed by atoms with Gasteiger partial charge in [-0.1, -0.05) is 34.8 Å². The molecule has 0 aliphatic heterocycles. The van der Waals surface area contributed by atoms with Gasteiger partial charge >= 0.3 is 0 Å². The highest BCUT2D eigenvalue weighted by atomic mass is 35.5. The van der Waals surface area contributed by atoms with Crippen molar-refractivity contribution < 1.29 is 17.9 Å². The molecule has 0 spiro atoms. The fourth-order valence-corrected chi connectivity index (χ4v) is 3.67. The van der Waals surface area contributed by atoms with Gasteiger partial charge in [-0.3, -0.25) is 0 Å². The van der Waals surface area contributed by atoms with E-state index in [2.05, 4.69) is 9.93 Å². The lowest BCUT2D eigenvalue weighted by Crippen LogP contribution is -2.22. The standard InChI is InChI=1S/C16H15Cl3N2O4S/c1-10(9-25-12-5-3-11(24-2)4-6-12)20-21-26(22,23)16-8-14(18)13(17)7-15(16)19/h3-8,21H,9H2,1-2H3/b20-10-. The first-order chi connectivity index (χ1) is 12.2. The predicted molar refractivity (Wildman–Crippen MR) is 103 cm³/mol. The van der Waals surface area contributed by atoms with Crippen molar-refractivity contribution in [3.05, 3.63) is 51.5 Å². The molecule has 26 heavy (non-hydrogen) atoms. The van der Waals surface area contributed by atoms with E-state index in [4.69, 9.17) is 44.3 Å². The minimum atomic E-state index is -4.00. The van der Waals surface area contributed by atoms with Gasteiger partial charge in [-0.05, 0) is 43.3 Å². The zero-order valence-corrected chi connectivity index (χ0v) is 16.9. The molecule has 0 saturated heterocycles. The maximum absolute atomic E-state index is 12.3. The van der Waals surface area contributed by atoms with Crippen LogP contribution in [0.15, 0.2) is 46.4 Å². The number of methoxy groups -OCH3 is 1. The summed E-state index contributed by atoms with van der Waals surface area (Å²) in [6.45, 7) is 1.70. The third-order valence-corrected chi connectivity index (χ3v) is 5.52. The molecule has 1 N–H and O–H groups in total. The number of hydrogen-bond donors (Lipinski definition) is 1. The van der Waals surface area contributed by atoms with Crippen LogP contribution in [0, 0.1) is 0 Å². The Labute approximate surface area is 166 Å². The molecular weight excluding hydrogens is 423 g/mol. The molecule has 0 aliphatic rings. The second-order valence-electron chi connectivity index (χ2n) is 5.10. The third-order valence-electron chi connectivity index (χ3n) is 3.13. The number of nitrogens with zero attached hydrogens (tertiary/aromatic N) is 1. The van der Waals surface area contributed by atoms with E-state index in [1.165, 1.54) is 6.07 Å². The largest absolute Gasteiger partial charge is 0.497 e. The van der Waals surface area contributed by atoms with Gasteiger partial charge in [-0.2, -0.15) is 18.4 Å². The van der Waals surface area contributed by atoms with Gasteiger partial charge in [0.2, 0.25) is 0 Å². The maximum Gasteiger partial charge on any atom is 0.278 e. The van der Waals surface area contributed by atoms with Crippen LogP contribution in [-0.4, -0.2) is 27.8 Å². The molecule has 0 aliphatic carbocycles. The molecule has 140 valence electrons. The summed E-state index contributed by atoms with van der Waals surface area (Å²) >= 11 is 17.6. The van der Waals surface area contributed by atoms with Crippen molar-refractivity contribution in [2.45, 2.75) is 11.8 Å². The zero-order valence-electron chi connectivity index (χ0n) is 13.8. The number of halogens is 3. The van der Waals surface area contributed by atoms with Gasteiger partial charge in [0.25, 0.3) is 10.0 Å². The van der Waals surface area contributed by atoms with Crippen molar-refractivity contribution in [3.8, 4) is 11.5 Å². The van der Waals surface area contributed by atoms with E-state index in [9.17, 15) is 8.42 Å². The van der Waals surface area contributed by atoms with Crippen LogP contribution in [0.25, 0.3) is 0 Å². The summed E-state index contributed by atoms with van der Waals surface area (Å²) in [7, 11) is -2.43. The predicted octanol–water partition coefficient (Wildman–Crippen LogP) is 4.39. The second-order valence-corrected chi connectivity index (χ2v) is 7.95. The van der Waals surface area contributed by atoms with E-state index in [0.717, 1.165) is 6.07 Å². The van der Waals surface area contributed by atoms with Crippen molar-refractivity contribution in [1.29, 1.82) is 0 Å². The molecule has 0 fully saturated rings. The summed E-state index contributed by atoms with van der Waals surface area (Å²) in [5.74, 6) is 1.30. The van der Waals surface area contributed by atoms with Gasteiger partial charge in [-0.15, -0.1) is 0 Å². The Bertz CT molecular complexity index is 916. The molecule has 0 radical (unpaired) electrons. The first-order valence-electron chi connectivity index (χ1n) is 7.19. The minimum absolute atomic E-state index is 0.0609. The molecule has 10 heteroatoms. The quantitative estimate of drug-likeness (QED) is 0.396. The fourth-order valence-electron chi connectivity index (χ4n) is 1.79. The number of nitrogens with one attached hydrogen (secondary N) is 1. The molecule has 0 amide bonds. The molecule has 0 heterocycles. The number of benzene rings is 2. The molecule has 0 unspecified atom stereocenters. The van der Waals surface area contributed by atoms with Gasteiger partial charge in [0.15, 0.2) is 0 Å². The van der Waals surface area contributed by atoms with Gasteiger partial charge in [0, 0.05) is 0 Å². The Morgan fingerprint density at radius 2 is 1.62 bits per heavy atom. The highest BCUT2D eigenvalue weighted by Crippen LogP contribution is 2.31. The Hall–Kier alpha value is -1.67. The van der Waals surface area contributed by atoms with Crippen molar-refractivity contribution in [1.82, 2.24) is 4.83 Å². The number of hydrazone groups is 1. The first kappa shape index (κ1) is 20.6. The second kappa shape index (κ2) is 8.81. The van der Waals surface area contributed by atoms with Crippen LogP contribution < -0.4 is 14.3 Å². The molecule has 0 atom stereocenters. The average molecular weight is 438 g/mol.